The van der Waals surface area contributed by atoms with E-state index in [4.69, 9.17) is 0 Å². The zero-order valence-electron chi connectivity index (χ0n) is 15.3. The van der Waals surface area contributed by atoms with Crippen molar-refractivity contribution in [3.63, 3.8) is 0 Å². The quantitative estimate of drug-likeness (QED) is 0.703. The molecule has 1 aromatic carbocycles. The van der Waals surface area contributed by atoms with Gasteiger partial charge in [0.2, 0.25) is 16.9 Å². The lowest BCUT2D eigenvalue weighted by Crippen LogP contribution is -2.41. The number of hydrogen-bond acceptors (Lipinski definition) is 5. The summed E-state index contributed by atoms with van der Waals surface area (Å²) in [7, 11) is 0. The lowest BCUT2D eigenvalue weighted by Gasteiger charge is -2.33. The van der Waals surface area contributed by atoms with Gasteiger partial charge in [-0.3, -0.25) is 9.59 Å². The Morgan fingerprint density at radius 1 is 1.26 bits per heavy atom. The highest BCUT2D eigenvalue weighted by Crippen LogP contribution is 2.28. The van der Waals surface area contributed by atoms with Gasteiger partial charge in [-0.1, -0.05) is 58.7 Å². The van der Waals surface area contributed by atoms with Crippen LogP contribution < -0.4 is 5.32 Å². The van der Waals surface area contributed by atoms with Gasteiger partial charge < -0.3 is 10.2 Å². The number of hydrogen-bond donors (Lipinski definition) is 1. The Hall–Kier alpha value is -1.80. The molecule has 2 amide bonds. The van der Waals surface area contributed by atoms with Crippen molar-refractivity contribution in [3.8, 4) is 10.6 Å². The normalized spacial score (nSPS) is 14.7. The fourth-order valence-electron chi connectivity index (χ4n) is 3.41. The number of amides is 2. The predicted octanol–water partition coefficient (Wildman–Crippen LogP) is 4.48. The van der Waals surface area contributed by atoms with Crippen molar-refractivity contribution < 1.29 is 9.59 Å². The SMILES string of the molecule is CC(=O)N(CCC(=O)Nc1nnc(-c2cccc(Br)c2)s1)C1CCCCC1. The third-order valence-electron chi connectivity index (χ3n) is 4.74. The summed E-state index contributed by atoms with van der Waals surface area (Å²) in [6.45, 7) is 2.03. The maximum atomic E-state index is 12.3. The molecule has 0 saturated heterocycles. The zero-order chi connectivity index (χ0) is 19.2. The number of benzene rings is 1. The molecule has 27 heavy (non-hydrogen) atoms. The van der Waals surface area contributed by atoms with Crippen LogP contribution in [0.5, 0.6) is 0 Å². The van der Waals surface area contributed by atoms with E-state index in [9.17, 15) is 9.59 Å². The summed E-state index contributed by atoms with van der Waals surface area (Å²) >= 11 is 4.78. The van der Waals surface area contributed by atoms with Crippen molar-refractivity contribution >= 4 is 44.2 Å². The summed E-state index contributed by atoms with van der Waals surface area (Å²) in [6.07, 6.45) is 5.89. The molecule has 0 spiro atoms. The van der Waals surface area contributed by atoms with Crippen molar-refractivity contribution in [2.24, 2.45) is 0 Å². The van der Waals surface area contributed by atoms with Gasteiger partial charge in [0.1, 0.15) is 5.01 Å². The second kappa shape index (κ2) is 9.41. The molecule has 0 bridgehead atoms. The molecule has 1 saturated carbocycles. The molecule has 0 aliphatic heterocycles. The summed E-state index contributed by atoms with van der Waals surface area (Å²) in [4.78, 5) is 26.1. The minimum absolute atomic E-state index is 0.0440. The van der Waals surface area contributed by atoms with Gasteiger partial charge in [-0.05, 0) is 25.0 Å². The van der Waals surface area contributed by atoms with Gasteiger partial charge in [-0.15, -0.1) is 10.2 Å². The molecular weight excluding hydrogens is 428 g/mol. The van der Waals surface area contributed by atoms with Crippen molar-refractivity contribution in [1.82, 2.24) is 15.1 Å². The Bertz CT molecular complexity index is 805. The van der Waals surface area contributed by atoms with Crippen LogP contribution in [0.4, 0.5) is 5.13 Å². The number of nitrogens with one attached hydrogen (secondary N) is 1. The lowest BCUT2D eigenvalue weighted by atomic mass is 9.94. The van der Waals surface area contributed by atoms with E-state index in [0.717, 1.165) is 40.7 Å². The monoisotopic (exact) mass is 450 g/mol. The molecule has 0 unspecified atom stereocenters. The highest BCUT2D eigenvalue weighted by atomic mass is 79.9. The molecule has 8 heteroatoms. The zero-order valence-corrected chi connectivity index (χ0v) is 17.7. The molecule has 1 heterocycles. The van der Waals surface area contributed by atoms with E-state index < -0.39 is 0 Å². The average molecular weight is 451 g/mol. The molecule has 1 aliphatic rings. The lowest BCUT2D eigenvalue weighted by molar-refractivity contribution is -0.132. The molecule has 0 radical (unpaired) electrons. The van der Waals surface area contributed by atoms with Crippen LogP contribution in [0.15, 0.2) is 28.7 Å². The molecule has 1 aromatic heterocycles. The molecule has 2 aromatic rings. The molecule has 144 valence electrons. The van der Waals surface area contributed by atoms with Crippen LogP contribution in [0.1, 0.15) is 45.4 Å². The van der Waals surface area contributed by atoms with E-state index in [-0.39, 0.29) is 24.3 Å². The maximum absolute atomic E-state index is 12.3. The molecule has 0 atom stereocenters. The van der Waals surface area contributed by atoms with Crippen LogP contribution in [-0.2, 0) is 9.59 Å². The van der Waals surface area contributed by atoms with E-state index in [1.54, 1.807) is 6.92 Å². The largest absolute Gasteiger partial charge is 0.339 e. The summed E-state index contributed by atoms with van der Waals surface area (Å²) < 4.78 is 0.966. The highest BCUT2D eigenvalue weighted by molar-refractivity contribution is 9.10. The van der Waals surface area contributed by atoms with Gasteiger partial charge in [0.15, 0.2) is 0 Å². The number of nitrogens with zero attached hydrogens (tertiary/aromatic N) is 3. The number of halogens is 1. The smallest absolute Gasteiger partial charge is 0.227 e. The second-order valence-electron chi connectivity index (χ2n) is 6.73. The Morgan fingerprint density at radius 3 is 2.74 bits per heavy atom. The van der Waals surface area contributed by atoms with Gasteiger partial charge in [-0.2, -0.15) is 0 Å². The number of carbonyl (C=O) groups excluding carboxylic acids is 2. The number of rotatable bonds is 6. The fraction of sp³-hybridized carbons (Fsp3) is 0.474. The minimum Gasteiger partial charge on any atom is -0.339 e. The van der Waals surface area contributed by atoms with Crippen molar-refractivity contribution in [1.29, 1.82) is 0 Å². The molecule has 1 aliphatic carbocycles. The summed E-state index contributed by atoms with van der Waals surface area (Å²) in [5.74, 6) is -0.100. The fourth-order valence-corrected chi connectivity index (χ4v) is 4.56. The first kappa shape index (κ1) is 19.9. The van der Waals surface area contributed by atoms with Crippen molar-refractivity contribution in [2.75, 3.05) is 11.9 Å². The van der Waals surface area contributed by atoms with Crippen LogP contribution >= 0.6 is 27.3 Å². The van der Waals surface area contributed by atoms with Crippen molar-refractivity contribution in [2.45, 2.75) is 51.5 Å². The van der Waals surface area contributed by atoms with Crippen LogP contribution in [0.3, 0.4) is 0 Å². The van der Waals surface area contributed by atoms with E-state index in [2.05, 4.69) is 31.4 Å². The first-order chi connectivity index (χ1) is 13.0. The summed E-state index contributed by atoms with van der Waals surface area (Å²) in [6, 6.07) is 8.06. The molecular formula is C19H23BrN4O2S. The average Bonchev–Trinajstić information content (AvgIpc) is 3.11. The number of aromatic nitrogens is 2. The standard InChI is InChI=1S/C19H23BrN4O2S/c1-13(25)24(16-8-3-2-4-9-16)11-10-17(26)21-19-23-22-18(27-19)14-6-5-7-15(20)12-14/h5-7,12,16H,2-4,8-11H2,1H3,(H,21,23,26). The van der Waals surface area contributed by atoms with Crippen LogP contribution in [-0.4, -0.2) is 39.5 Å². The number of carbonyl (C=O) groups is 2. The van der Waals surface area contributed by atoms with E-state index in [1.165, 1.54) is 17.8 Å². The second-order valence-corrected chi connectivity index (χ2v) is 8.62. The molecule has 6 nitrogen and oxygen atoms in total. The molecule has 1 fully saturated rings. The van der Waals surface area contributed by atoms with Gasteiger partial charge in [-0.25, -0.2) is 0 Å². The van der Waals surface area contributed by atoms with Crippen LogP contribution in [0.25, 0.3) is 10.6 Å². The number of anilines is 1. The Balaban J connectivity index is 1.55. The van der Waals surface area contributed by atoms with E-state index in [0.29, 0.717) is 11.7 Å². The van der Waals surface area contributed by atoms with E-state index >= 15 is 0 Å². The minimum atomic E-state index is -0.144. The first-order valence-corrected chi connectivity index (χ1v) is 10.8. The third-order valence-corrected chi connectivity index (χ3v) is 6.12. The van der Waals surface area contributed by atoms with Crippen LogP contribution in [0.2, 0.25) is 0 Å². The topological polar surface area (TPSA) is 75.2 Å². The summed E-state index contributed by atoms with van der Waals surface area (Å²) in [5.41, 5.74) is 0.947. The van der Waals surface area contributed by atoms with Gasteiger partial charge in [0, 0.05) is 36.0 Å². The predicted molar refractivity (Wildman–Crippen MR) is 111 cm³/mol. The van der Waals surface area contributed by atoms with Gasteiger partial charge >= 0.3 is 0 Å². The van der Waals surface area contributed by atoms with Gasteiger partial charge in [0.05, 0.1) is 0 Å². The molecule has 1 N–H and O–H groups in total. The van der Waals surface area contributed by atoms with Gasteiger partial charge in [0.25, 0.3) is 0 Å². The molecule has 3 rings (SSSR count). The van der Waals surface area contributed by atoms with Crippen molar-refractivity contribution in [3.05, 3.63) is 28.7 Å². The summed E-state index contributed by atoms with van der Waals surface area (Å²) in [5, 5.41) is 12.2. The maximum Gasteiger partial charge on any atom is 0.227 e. The Morgan fingerprint density at radius 2 is 2.04 bits per heavy atom. The highest BCUT2D eigenvalue weighted by Gasteiger charge is 2.23. The van der Waals surface area contributed by atoms with Crippen LogP contribution in [0, 0.1) is 0 Å². The third kappa shape index (κ3) is 5.59. The first-order valence-electron chi connectivity index (χ1n) is 9.19. The Labute approximate surface area is 171 Å². The Kier molecular flexibility index (Phi) is 6.95. The van der Waals surface area contributed by atoms with E-state index in [1.807, 2.05) is 29.2 Å².